The van der Waals surface area contributed by atoms with Gasteiger partial charge in [-0.05, 0) is 26.0 Å². The molecule has 25 heavy (non-hydrogen) atoms. The van der Waals surface area contributed by atoms with Gasteiger partial charge < -0.3 is 14.4 Å². The van der Waals surface area contributed by atoms with E-state index in [-0.39, 0.29) is 35.1 Å². The van der Waals surface area contributed by atoms with Crippen molar-refractivity contribution in [1.29, 1.82) is 0 Å². The Kier molecular flexibility index (Phi) is 4.85. The van der Waals surface area contributed by atoms with Gasteiger partial charge in [0.2, 0.25) is 0 Å². The average Bonchev–Trinajstić information content (AvgIpc) is 2.60. The number of hydrogen-bond acceptors (Lipinski definition) is 5. The van der Waals surface area contributed by atoms with E-state index >= 15 is 0 Å². The van der Waals surface area contributed by atoms with Crippen molar-refractivity contribution in [2.24, 2.45) is 0 Å². The molecular formula is C18H21N3O4. The highest BCUT2D eigenvalue weighted by atomic mass is 16.5. The topological polar surface area (TPSA) is 73.7 Å². The molecule has 0 N–H and O–H groups in total. The lowest BCUT2D eigenvalue weighted by Crippen LogP contribution is -2.48. The first-order valence-corrected chi connectivity index (χ1v) is 8.18. The molecule has 2 atom stereocenters. The van der Waals surface area contributed by atoms with Crippen molar-refractivity contribution in [3.63, 3.8) is 0 Å². The van der Waals surface area contributed by atoms with Crippen molar-refractivity contribution < 1.29 is 14.3 Å². The van der Waals surface area contributed by atoms with Crippen LogP contribution >= 0.6 is 0 Å². The van der Waals surface area contributed by atoms with Crippen LogP contribution in [0, 0.1) is 0 Å². The first-order valence-electron chi connectivity index (χ1n) is 8.18. The molecular weight excluding hydrogens is 322 g/mol. The number of amides is 1. The predicted molar refractivity (Wildman–Crippen MR) is 92.3 cm³/mol. The zero-order chi connectivity index (χ0) is 18.0. The fourth-order valence-corrected chi connectivity index (χ4v) is 2.99. The van der Waals surface area contributed by atoms with Gasteiger partial charge in [-0.25, -0.2) is 0 Å². The van der Waals surface area contributed by atoms with E-state index in [1.807, 2.05) is 19.9 Å². The van der Waals surface area contributed by atoms with Crippen molar-refractivity contribution in [1.82, 2.24) is 14.7 Å². The first-order chi connectivity index (χ1) is 12.0. The molecule has 0 saturated carbocycles. The third-order valence-corrected chi connectivity index (χ3v) is 4.03. The minimum absolute atomic E-state index is 0.0567. The molecule has 7 nitrogen and oxygen atoms in total. The summed E-state index contributed by atoms with van der Waals surface area (Å²) in [6, 6.07) is 10.3. The molecule has 2 heterocycles. The number of methoxy groups -OCH3 is 1. The SMILES string of the molecule is COc1cc(=O)n(-c2ccccc2)nc1C(=O)N1C[C@@H](C)O[C@@H](C)C1. The quantitative estimate of drug-likeness (QED) is 0.844. The minimum Gasteiger partial charge on any atom is -0.494 e. The Bertz CT molecular complexity index is 809. The second-order valence-corrected chi connectivity index (χ2v) is 6.11. The smallest absolute Gasteiger partial charge is 0.278 e. The van der Waals surface area contributed by atoms with E-state index in [4.69, 9.17) is 9.47 Å². The number of ether oxygens (including phenoxy) is 2. The van der Waals surface area contributed by atoms with Gasteiger partial charge in [0.05, 0.1) is 31.1 Å². The highest BCUT2D eigenvalue weighted by Crippen LogP contribution is 2.19. The average molecular weight is 343 g/mol. The van der Waals surface area contributed by atoms with Crippen LogP contribution < -0.4 is 10.3 Å². The van der Waals surface area contributed by atoms with Crippen LogP contribution in [0.15, 0.2) is 41.2 Å². The molecule has 1 amide bonds. The van der Waals surface area contributed by atoms with Gasteiger partial charge in [-0.15, -0.1) is 0 Å². The molecule has 1 aliphatic heterocycles. The van der Waals surface area contributed by atoms with E-state index in [1.165, 1.54) is 17.9 Å². The van der Waals surface area contributed by atoms with Gasteiger partial charge in [0.15, 0.2) is 11.4 Å². The monoisotopic (exact) mass is 343 g/mol. The molecule has 1 aromatic heterocycles. The lowest BCUT2D eigenvalue weighted by molar-refractivity contribution is -0.0588. The van der Waals surface area contributed by atoms with Crippen molar-refractivity contribution in [3.8, 4) is 11.4 Å². The van der Waals surface area contributed by atoms with Crippen LogP contribution in [0.3, 0.4) is 0 Å². The van der Waals surface area contributed by atoms with Crippen LogP contribution in [0.2, 0.25) is 0 Å². The second-order valence-electron chi connectivity index (χ2n) is 6.11. The highest BCUT2D eigenvalue weighted by molar-refractivity contribution is 5.95. The maximum Gasteiger partial charge on any atom is 0.278 e. The molecule has 7 heteroatoms. The number of aromatic nitrogens is 2. The number of para-hydroxylation sites is 1. The summed E-state index contributed by atoms with van der Waals surface area (Å²) in [5, 5.41) is 4.29. The summed E-state index contributed by atoms with van der Waals surface area (Å²) < 4.78 is 12.1. The van der Waals surface area contributed by atoms with E-state index < -0.39 is 0 Å². The van der Waals surface area contributed by atoms with E-state index in [1.54, 1.807) is 29.2 Å². The molecule has 0 radical (unpaired) electrons. The number of carbonyl (C=O) groups is 1. The van der Waals surface area contributed by atoms with Crippen LogP contribution in [-0.2, 0) is 4.74 Å². The number of rotatable bonds is 3. The van der Waals surface area contributed by atoms with Gasteiger partial charge in [0.1, 0.15) is 0 Å². The normalized spacial score (nSPS) is 20.4. The zero-order valence-electron chi connectivity index (χ0n) is 14.5. The summed E-state index contributed by atoms with van der Waals surface area (Å²) >= 11 is 0. The molecule has 1 aliphatic rings. The third-order valence-electron chi connectivity index (χ3n) is 4.03. The van der Waals surface area contributed by atoms with Crippen molar-refractivity contribution in [2.75, 3.05) is 20.2 Å². The maximum absolute atomic E-state index is 13.0. The van der Waals surface area contributed by atoms with Crippen molar-refractivity contribution in [2.45, 2.75) is 26.1 Å². The Balaban J connectivity index is 2.02. The summed E-state index contributed by atoms with van der Waals surface area (Å²) in [4.78, 5) is 27.0. The molecule has 132 valence electrons. The second kappa shape index (κ2) is 7.06. The van der Waals surface area contributed by atoms with Crippen LogP contribution in [0.1, 0.15) is 24.3 Å². The van der Waals surface area contributed by atoms with Gasteiger partial charge in [-0.2, -0.15) is 9.78 Å². The lowest BCUT2D eigenvalue weighted by Gasteiger charge is -2.35. The Labute approximate surface area is 145 Å². The van der Waals surface area contributed by atoms with Gasteiger partial charge >= 0.3 is 0 Å². The Morgan fingerprint density at radius 2 is 1.84 bits per heavy atom. The number of nitrogens with zero attached hydrogens (tertiary/aromatic N) is 3. The molecule has 3 rings (SSSR count). The summed E-state index contributed by atoms with van der Waals surface area (Å²) in [5.74, 6) is -0.0995. The number of hydrogen-bond donors (Lipinski definition) is 0. The number of morpholine rings is 1. The van der Waals surface area contributed by atoms with Crippen LogP contribution in [0.4, 0.5) is 0 Å². The zero-order valence-corrected chi connectivity index (χ0v) is 14.5. The Morgan fingerprint density at radius 3 is 2.44 bits per heavy atom. The van der Waals surface area contributed by atoms with Crippen LogP contribution in [-0.4, -0.2) is 53.0 Å². The standard InChI is InChI=1S/C18H21N3O4/c1-12-10-20(11-13(2)25-12)18(23)17-15(24-3)9-16(22)21(19-17)14-7-5-4-6-8-14/h4-9,12-13H,10-11H2,1-3H3/t12-,13+. The summed E-state index contributed by atoms with van der Waals surface area (Å²) in [6.45, 7) is 4.79. The van der Waals surface area contributed by atoms with Gasteiger partial charge in [-0.3, -0.25) is 9.59 Å². The predicted octanol–water partition coefficient (Wildman–Crippen LogP) is 1.49. The molecule has 0 spiro atoms. The fraction of sp³-hybridized carbons (Fsp3) is 0.389. The maximum atomic E-state index is 13.0. The molecule has 1 saturated heterocycles. The van der Waals surface area contributed by atoms with E-state index in [9.17, 15) is 9.59 Å². The highest BCUT2D eigenvalue weighted by Gasteiger charge is 2.30. The number of carbonyl (C=O) groups excluding carboxylic acids is 1. The van der Waals surface area contributed by atoms with E-state index in [2.05, 4.69) is 5.10 Å². The third kappa shape index (κ3) is 3.56. The molecule has 1 fully saturated rings. The van der Waals surface area contributed by atoms with Gasteiger partial charge in [0.25, 0.3) is 11.5 Å². The molecule has 2 aromatic rings. The largest absolute Gasteiger partial charge is 0.494 e. The van der Waals surface area contributed by atoms with Crippen molar-refractivity contribution in [3.05, 3.63) is 52.4 Å². The lowest BCUT2D eigenvalue weighted by atomic mass is 10.2. The van der Waals surface area contributed by atoms with Gasteiger partial charge in [-0.1, -0.05) is 18.2 Å². The van der Waals surface area contributed by atoms with Crippen molar-refractivity contribution >= 4 is 5.91 Å². The van der Waals surface area contributed by atoms with E-state index in [0.717, 1.165) is 0 Å². The fourth-order valence-electron chi connectivity index (χ4n) is 2.99. The molecule has 0 unspecified atom stereocenters. The summed E-state index contributed by atoms with van der Waals surface area (Å²) in [7, 11) is 1.42. The van der Waals surface area contributed by atoms with Crippen LogP contribution in [0.5, 0.6) is 5.75 Å². The first kappa shape index (κ1) is 17.2. The number of benzene rings is 1. The molecule has 0 bridgehead atoms. The Morgan fingerprint density at radius 1 is 1.20 bits per heavy atom. The van der Waals surface area contributed by atoms with E-state index in [0.29, 0.717) is 18.8 Å². The van der Waals surface area contributed by atoms with Gasteiger partial charge in [0, 0.05) is 13.1 Å². The minimum atomic E-state index is -0.358. The molecule has 1 aromatic carbocycles. The molecule has 0 aliphatic carbocycles. The summed E-state index contributed by atoms with van der Waals surface area (Å²) in [5.41, 5.74) is 0.350. The Hall–Kier alpha value is -2.67. The van der Waals surface area contributed by atoms with Crippen LogP contribution in [0.25, 0.3) is 5.69 Å². The summed E-state index contributed by atoms with van der Waals surface area (Å²) in [6.07, 6.45) is -0.113.